The van der Waals surface area contributed by atoms with E-state index in [0.717, 1.165) is 17.1 Å². The highest BCUT2D eigenvalue weighted by atomic mass is 32.1. The second kappa shape index (κ2) is 11.6. The Kier molecular flexibility index (Phi) is 6.78. The first kappa shape index (κ1) is 29.9. The zero-order valence-electron chi connectivity index (χ0n) is 28.6. The number of para-hydroxylation sites is 1. The van der Waals surface area contributed by atoms with E-state index in [1.807, 2.05) is 11.3 Å². The Hall–Kier alpha value is -5.96. The van der Waals surface area contributed by atoms with Crippen LogP contribution in [0.4, 0.5) is 17.1 Å². The molecule has 0 N–H and O–H groups in total. The van der Waals surface area contributed by atoms with Gasteiger partial charge in [-0.2, -0.15) is 0 Å². The molecule has 10 rings (SSSR count). The number of thiophene rings is 1. The predicted octanol–water partition coefficient (Wildman–Crippen LogP) is 14.3. The Morgan fingerprint density at radius 1 is 0.451 bits per heavy atom. The van der Waals surface area contributed by atoms with E-state index in [2.05, 4.69) is 195 Å². The van der Waals surface area contributed by atoms with Gasteiger partial charge >= 0.3 is 0 Å². The van der Waals surface area contributed by atoms with Crippen molar-refractivity contribution in [3.05, 3.63) is 187 Å². The van der Waals surface area contributed by atoms with Crippen molar-refractivity contribution in [3.63, 3.8) is 0 Å². The lowest BCUT2D eigenvalue weighted by Gasteiger charge is -2.29. The van der Waals surface area contributed by atoms with Gasteiger partial charge in [0.05, 0.1) is 5.69 Å². The van der Waals surface area contributed by atoms with Crippen LogP contribution in [-0.2, 0) is 5.41 Å². The third-order valence-corrected chi connectivity index (χ3v) is 11.9. The fourth-order valence-corrected chi connectivity index (χ4v) is 9.55. The van der Waals surface area contributed by atoms with Crippen LogP contribution in [0.2, 0.25) is 0 Å². The molecule has 1 aromatic heterocycles. The van der Waals surface area contributed by atoms with E-state index in [0.29, 0.717) is 0 Å². The Labute approximate surface area is 302 Å². The van der Waals surface area contributed by atoms with Gasteiger partial charge in [-0.1, -0.05) is 147 Å². The van der Waals surface area contributed by atoms with E-state index in [1.54, 1.807) is 0 Å². The molecule has 8 aromatic carbocycles. The van der Waals surface area contributed by atoms with Crippen molar-refractivity contribution in [1.29, 1.82) is 0 Å². The average molecular weight is 670 g/mol. The SMILES string of the molecule is CC1(C)c2ccc(N(c3ccc4ccccc4c3)c3ccccc3-c3ccccc3)cc2-c2c1cc1sc3ccccc3c1c2-c1ccccc1. The van der Waals surface area contributed by atoms with E-state index in [-0.39, 0.29) is 5.41 Å². The third kappa shape index (κ3) is 4.67. The van der Waals surface area contributed by atoms with Crippen LogP contribution in [0.15, 0.2) is 176 Å². The molecule has 0 bridgehead atoms. The number of hydrogen-bond acceptors (Lipinski definition) is 2. The summed E-state index contributed by atoms with van der Waals surface area (Å²) in [5.74, 6) is 0. The summed E-state index contributed by atoms with van der Waals surface area (Å²) in [7, 11) is 0. The second-order valence-corrected chi connectivity index (χ2v) is 15.2. The monoisotopic (exact) mass is 669 g/mol. The number of hydrogen-bond donors (Lipinski definition) is 0. The van der Waals surface area contributed by atoms with E-state index in [4.69, 9.17) is 0 Å². The normalized spacial score (nSPS) is 13.1. The molecular weight excluding hydrogens is 635 g/mol. The van der Waals surface area contributed by atoms with Gasteiger partial charge in [-0.25, -0.2) is 0 Å². The lowest BCUT2D eigenvalue weighted by atomic mass is 9.81. The molecule has 1 nitrogen and oxygen atoms in total. The summed E-state index contributed by atoms with van der Waals surface area (Å²) in [6.07, 6.45) is 0. The molecule has 0 saturated carbocycles. The van der Waals surface area contributed by atoms with Crippen molar-refractivity contribution < 1.29 is 0 Å². The Morgan fingerprint density at radius 2 is 1.10 bits per heavy atom. The van der Waals surface area contributed by atoms with E-state index < -0.39 is 0 Å². The maximum absolute atomic E-state index is 2.49. The van der Waals surface area contributed by atoms with Crippen LogP contribution in [0.5, 0.6) is 0 Å². The third-order valence-electron chi connectivity index (χ3n) is 10.8. The highest BCUT2D eigenvalue weighted by molar-refractivity contribution is 7.26. The summed E-state index contributed by atoms with van der Waals surface area (Å²) in [5.41, 5.74) is 13.7. The van der Waals surface area contributed by atoms with Gasteiger partial charge in [-0.05, 0) is 92.2 Å². The lowest BCUT2D eigenvalue weighted by Crippen LogP contribution is -2.15. The smallest absolute Gasteiger partial charge is 0.0540 e. The van der Waals surface area contributed by atoms with E-state index in [1.165, 1.54) is 75.5 Å². The molecule has 1 aliphatic carbocycles. The molecule has 0 radical (unpaired) electrons. The topological polar surface area (TPSA) is 3.24 Å². The first-order valence-electron chi connectivity index (χ1n) is 17.7. The molecule has 0 saturated heterocycles. The molecular formula is C49H35NS. The van der Waals surface area contributed by atoms with Gasteiger partial charge < -0.3 is 4.90 Å². The highest BCUT2D eigenvalue weighted by Crippen LogP contribution is 2.57. The summed E-state index contributed by atoms with van der Waals surface area (Å²) >= 11 is 1.91. The fourth-order valence-electron chi connectivity index (χ4n) is 8.39. The summed E-state index contributed by atoms with van der Waals surface area (Å²) < 4.78 is 2.68. The van der Waals surface area contributed by atoms with Gasteiger partial charge in [0.25, 0.3) is 0 Å². The van der Waals surface area contributed by atoms with Crippen molar-refractivity contribution in [2.75, 3.05) is 4.90 Å². The van der Waals surface area contributed by atoms with Gasteiger partial charge in [0.1, 0.15) is 0 Å². The summed E-state index contributed by atoms with van der Waals surface area (Å²) in [4.78, 5) is 2.46. The molecule has 0 atom stereocenters. The van der Waals surface area contributed by atoms with Crippen LogP contribution in [0.1, 0.15) is 25.0 Å². The minimum Gasteiger partial charge on any atom is -0.310 e. The quantitative estimate of drug-likeness (QED) is 0.176. The molecule has 242 valence electrons. The summed E-state index contributed by atoms with van der Waals surface area (Å²) in [6, 6.07) is 64.7. The van der Waals surface area contributed by atoms with Gasteiger partial charge in [0, 0.05) is 42.5 Å². The first-order valence-corrected chi connectivity index (χ1v) is 18.5. The van der Waals surface area contributed by atoms with Crippen LogP contribution < -0.4 is 4.90 Å². The van der Waals surface area contributed by atoms with Gasteiger partial charge in [-0.3, -0.25) is 0 Å². The molecule has 51 heavy (non-hydrogen) atoms. The van der Waals surface area contributed by atoms with E-state index >= 15 is 0 Å². The fraction of sp³-hybridized carbons (Fsp3) is 0.0612. The van der Waals surface area contributed by atoms with Crippen molar-refractivity contribution in [3.8, 4) is 33.4 Å². The van der Waals surface area contributed by atoms with E-state index in [9.17, 15) is 0 Å². The zero-order valence-corrected chi connectivity index (χ0v) is 29.4. The number of benzene rings is 8. The molecule has 0 amide bonds. The minimum atomic E-state index is -0.160. The van der Waals surface area contributed by atoms with Crippen molar-refractivity contribution >= 4 is 59.3 Å². The lowest BCUT2D eigenvalue weighted by molar-refractivity contribution is 0.661. The minimum absolute atomic E-state index is 0.160. The molecule has 0 fully saturated rings. The number of nitrogens with zero attached hydrogens (tertiary/aromatic N) is 1. The molecule has 2 heteroatoms. The van der Waals surface area contributed by atoms with Gasteiger partial charge in [0.15, 0.2) is 0 Å². The maximum atomic E-state index is 2.49. The van der Waals surface area contributed by atoms with Gasteiger partial charge in [0.2, 0.25) is 0 Å². The van der Waals surface area contributed by atoms with Crippen molar-refractivity contribution in [1.82, 2.24) is 0 Å². The highest BCUT2D eigenvalue weighted by Gasteiger charge is 2.39. The van der Waals surface area contributed by atoms with Crippen LogP contribution >= 0.6 is 11.3 Å². The van der Waals surface area contributed by atoms with Crippen LogP contribution in [0, 0.1) is 0 Å². The molecule has 1 aliphatic rings. The van der Waals surface area contributed by atoms with Crippen molar-refractivity contribution in [2.45, 2.75) is 19.3 Å². The Balaban J connectivity index is 1.28. The predicted molar refractivity (Wildman–Crippen MR) is 220 cm³/mol. The van der Waals surface area contributed by atoms with Crippen LogP contribution in [0.25, 0.3) is 64.3 Å². The molecule has 9 aromatic rings. The zero-order chi connectivity index (χ0) is 34.1. The Bertz CT molecular complexity index is 2770. The summed E-state index contributed by atoms with van der Waals surface area (Å²) in [5, 5.41) is 5.15. The average Bonchev–Trinajstić information content (AvgIpc) is 3.66. The standard InChI is InChI=1S/C49H35NS/c1-49(2)41-28-27-37(30-40(41)47-42(49)31-45-48(39-22-12-14-24-44(39)51-45)46(47)34-18-7-4-8-19-34)50(36-26-25-32-15-9-10-20-35(32)29-36)43-23-13-11-21-38(43)33-16-5-3-6-17-33/h3-31H,1-2H3. The molecule has 0 unspecified atom stereocenters. The number of anilines is 3. The number of rotatable bonds is 5. The molecule has 0 spiro atoms. The van der Waals surface area contributed by atoms with Crippen molar-refractivity contribution in [2.24, 2.45) is 0 Å². The second-order valence-electron chi connectivity index (χ2n) is 14.1. The summed E-state index contributed by atoms with van der Waals surface area (Å²) in [6.45, 7) is 4.80. The van der Waals surface area contributed by atoms with Crippen LogP contribution in [0.3, 0.4) is 0 Å². The van der Waals surface area contributed by atoms with Crippen LogP contribution in [-0.4, -0.2) is 0 Å². The molecule has 1 heterocycles. The molecule has 0 aliphatic heterocycles. The largest absolute Gasteiger partial charge is 0.310 e. The first-order chi connectivity index (χ1) is 25.1. The Morgan fingerprint density at radius 3 is 1.92 bits per heavy atom. The number of fused-ring (bicyclic) bond motifs is 7. The van der Waals surface area contributed by atoms with Gasteiger partial charge in [-0.15, -0.1) is 11.3 Å². The maximum Gasteiger partial charge on any atom is 0.0540 e.